The standard InChI is InChI=1S/C21H22N2O4/c1-21(13-12-15-6-4-3-5-7-15)19(25)23(20(26)22-21)14-18(24)16-8-10-17(27-2)11-9-16/h3-11H,12-14H2,1-2H3,(H,22,26)/t21-/m0/s1. The van der Waals surface area contributed by atoms with Gasteiger partial charge in [0.05, 0.1) is 13.7 Å². The number of rotatable bonds is 7. The van der Waals surface area contributed by atoms with Crippen LogP contribution in [-0.4, -0.2) is 41.8 Å². The van der Waals surface area contributed by atoms with E-state index in [1.54, 1.807) is 38.3 Å². The first-order valence-electron chi connectivity index (χ1n) is 8.78. The van der Waals surface area contributed by atoms with Gasteiger partial charge in [0.25, 0.3) is 5.91 Å². The quantitative estimate of drug-likeness (QED) is 0.604. The summed E-state index contributed by atoms with van der Waals surface area (Å²) in [4.78, 5) is 38.6. The van der Waals surface area contributed by atoms with Gasteiger partial charge in [0.1, 0.15) is 11.3 Å². The van der Waals surface area contributed by atoms with E-state index in [9.17, 15) is 14.4 Å². The molecule has 140 valence electrons. The van der Waals surface area contributed by atoms with Crippen molar-refractivity contribution >= 4 is 17.7 Å². The van der Waals surface area contributed by atoms with Gasteiger partial charge < -0.3 is 10.1 Å². The molecule has 2 aromatic carbocycles. The van der Waals surface area contributed by atoms with Crippen LogP contribution in [0.1, 0.15) is 29.3 Å². The Labute approximate surface area is 158 Å². The van der Waals surface area contributed by atoms with Crippen LogP contribution in [0.4, 0.5) is 4.79 Å². The highest BCUT2D eigenvalue weighted by molar-refractivity contribution is 6.11. The third kappa shape index (κ3) is 4.00. The first kappa shape index (κ1) is 18.6. The Hall–Kier alpha value is -3.15. The SMILES string of the molecule is COc1ccc(C(=O)CN2C(=O)N[C@@](C)(CCc3ccccc3)C2=O)cc1. The van der Waals surface area contributed by atoms with Crippen LogP contribution in [0, 0.1) is 0 Å². The summed E-state index contributed by atoms with van der Waals surface area (Å²) in [7, 11) is 1.54. The molecule has 0 unspecified atom stereocenters. The largest absolute Gasteiger partial charge is 0.497 e. The van der Waals surface area contributed by atoms with Gasteiger partial charge in [-0.05, 0) is 49.6 Å². The molecule has 1 saturated heterocycles. The number of ether oxygens (including phenoxy) is 1. The normalized spacial score (nSPS) is 19.1. The molecule has 6 nitrogen and oxygen atoms in total. The van der Waals surface area contributed by atoms with Crippen molar-refractivity contribution in [2.45, 2.75) is 25.3 Å². The predicted molar refractivity (Wildman–Crippen MR) is 101 cm³/mol. The highest BCUT2D eigenvalue weighted by atomic mass is 16.5. The number of nitrogens with zero attached hydrogens (tertiary/aromatic N) is 1. The Bertz CT molecular complexity index is 848. The van der Waals surface area contributed by atoms with Crippen molar-refractivity contribution in [1.82, 2.24) is 10.2 Å². The van der Waals surface area contributed by atoms with Crippen molar-refractivity contribution in [1.29, 1.82) is 0 Å². The van der Waals surface area contributed by atoms with Crippen LogP contribution in [-0.2, 0) is 11.2 Å². The summed E-state index contributed by atoms with van der Waals surface area (Å²) >= 11 is 0. The lowest BCUT2D eigenvalue weighted by Gasteiger charge is -2.21. The number of urea groups is 1. The topological polar surface area (TPSA) is 75.7 Å². The van der Waals surface area contributed by atoms with E-state index < -0.39 is 11.6 Å². The molecule has 27 heavy (non-hydrogen) atoms. The van der Waals surface area contributed by atoms with Crippen molar-refractivity contribution in [2.75, 3.05) is 13.7 Å². The van der Waals surface area contributed by atoms with Crippen LogP contribution in [0.25, 0.3) is 0 Å². The van der Waals surface area contributed by atoms with E-state index >= 15 is 0 Å². The zero-order valence-corrected chi connectivity index (χ0v) is 15.4. The molecule has 0 aromatic heterocycles. The number of hydrogen-bond donors (Lipinski definition) is 1. The molecule has 0 saturated carbocycles. The van der Waals surface area contributed by atoms with E-state index in [4.69, 9.17) is 4.74 Å². The van der Waals surface area contributed by atoms with E-state index in [1.807, 2.05) is 30.3 Å². The van der Waals surface area contributed by atoms with E-state index in [1.165, 1.54) is 0 Å². The minimum Gasteiger partial charge on any atom is -0.497 e. The number of Topliss-reactive ketones (excluding diaryl/α,β-unsaturated/α-hetero) is 1. The van der Waals surface area contributed by atoms with Gasteiger partial charge in [-0.25, -0.2) is 4.79 Å². The smallest absolute Gasteiger partial charge is 0.325 e. The summed E-state index contributed by atoms with van der Waals surface area (Å²) in [5.74, 6) is -0.0335. The second-order valence-electron chi connectivity index (χ2n) is 6.79. The Morgan fingerprint density at radius 2 is 1.74 bits per heavy atom. The molecule has 1 N–H and O–H groups in total. The summed E-state index contributed by atoms with van der Waals surface area (Å²) in [6.07, 6.45) is 1.12. The maximum absolute atomic E-state index is 12.8. The first-order chi connectivity index (χ1) is 12.9. The van der Waals surface area contributed by atoms with Crippen molar-refractivity contribution in [3.8, 4) is 5.75 Å². The molecule has 0 spiro atoms. The second kappa shape index (κ2) is 7.61. The average molecular weight is 366 g/mol. The number of carbonyl (C=O) groups excluding carboxylic acids is 3. The third-order valence-corrected chi connectivity index (χ3v) is 4.82. The van der Waals surface area contributed by atoms with Crippen LogP contribution >= 0.6 is 0 Å². The van der Waals surface area contributed by atoms with Crippen LogP contribution in [0.5, 0.6) is 5.75 Å². The van der Waals surface area contributed by atoms with Crippen LogP contribution in [0.15, 0.2) is 54.6 Å². The zero-order chi connectivity index (χ0) is 19.4. The molecule has 1 heterocycles. The molecule has 1 aliphatic heterocycles. The van der Waals surface area contributed by atoms with Gasteiger partial charge in [0.2, 0.25) is 0 Å². The number of hydrogen-bond acceptors (Lipinski definition) is 4. The van der Waals surface area contributed by atoms with Crippen molar-refractivity contribution < 1.29 is 19.1 Å². The monoisotopic (exact) mass is 366 g/mol. The van der Waals surface area contributed by atoms with Crippen LogP contribution in [0.3, 0.4) is 0 Å². The highest BCUT2D eigenvalue weighted by Crippen LogP contribution is 2.24. The fraction of sp³-hybridized carbons (Fsp3) is 0.286. The van der Waals surface area contributed by atoms with E-state index in [0.29, 0.717) is 24.2 Å². The maximum Gasteiger partial charge on any atom is 0.325 e. The Morgan fingerprint density at radius 3 is 2.37 bits per heavy atom. The summed E-state index contributed by atoms with van der Waals surface area (Å²) < 4.78 is 5.07. The van der Waals surface area contributed by atoms with Gasteiger partial charge in [-0.2, -0.15) is 0 Å². The number of amides is 3. The summed E-state index contributed by atoms with van der Waals surface area (Å²) in [5, 5.41) is 2.74. The number of ketones is 1. The number of carbonyl (C=O) groups is 3. The lowest BCUT2D eigenvalue weighted by atomic mass is 9.93. The Morgan fingerprint density at radius 1 is 1.07 bits per heavy atom. The van der Waals surface area contributed by atoms with Crippen molar-refractivity contribution in [2.24, 2.45) is 0 Å². The average Bonchev–Trinajstić information content (AvgIpc) is 2.90. The summed E-state index contributed by atoms with van der Waals surface area (Å²) in [6, 6.07) is 15.8. The van der Waals surface area contributed by atoms with Gasteiger partial charge in [-0.1, -0.05) is 30.3 Å². The number of aryl methyl sites for hydroxylation is 1. The lowest BCUT2D eigenvalue weighted by molar-refractivity contribution is -0.130. The predicted octanol–water partition coefficient (Wildman–Crippen LogP) is 2.82. The van der Waals surface area contributed by atoms with E-state index in [-0.39, 0.29) is 18.2 Å². The van der Waals surface area contributed by atoms with Crippen LogP contribution in [0.2, 0.25) is 0 Å². The molecule has 2 aromatic rings. The van der Waals surface area contributed by atoms with Gasteiger partial charge >= 0.3 is 6.03 Å². The maximum atomic E-state index is 12.8. The van der Waals surface area contributed by atoms with Crippen molar-refractivity contribution in [3.63, 3.8) is 0 Å². The zero-order valence-electron chi connectivity index (χ0n) is 15.4. The van der Waals surface area contributed by atoms with Gasteiger partial charge in [0.15, 0.2) is 5.78 Å². The minimum atomic E-state index is -1.01. The van der Waals surface area contributed by atoms with Gasteiger partial charge in [0, 0.05) is 5.56 Å². The van der Waals surface area contributed by atoms with E-state index in [0.717, 1.165) is 10.5 Å². The first-order valence-corrected chi connectivity index (χ1v) is 8.78. The lowest BCUT2D eigenvalue weighted by Crippen LogP contribution is -2.44. The molecule has 3 rings (SSSR count). The molecule has 0 bridgehead atoms. The fourth-order valence-corrected chi connectivity index (χ4v) is 3.11. The molecule has 0 radical (unpaired) electrons. The highest BCUT2D eigenvalue weighted by Gasteiger charge is 2.47. The number of benzene rings is 2. The number of imide groups is 1. The molecular formula is C21H22N2O4. The van der Waals surface area contributed by atoms with Gasteiger partial charge in [-0.3, -0.25) is 14.5 Å². The Kier molecular flexibility index (Phi) is 5.26. The summed E-state index contributed by atoms with van der Waals surface area (Å²) in [6.45, 7) is 1.42. The number of methoxy groups -OCH3 is 1. The molecule has 6 heteroatoms. The molecule has 0 aliphatic carbocycles. The second-order valence-corrected chi connectivity index (χ2v) is 6.79. The third-order valence-electron chi connectivity index (χ3n) is 4.82. The fourth-order valence-electron chi connectivity index (χ4n) is 3.11. The van der Waals surface area contributed by atoms with Gasteiger partial charge in [-0.15, -0.1) is 0 Å². The molecular weight excluding hydrogens is 344 g/mol. The Balaban J connectivity index is 1.66. The molecule has 1 fully saturated rings. The molecule has 1 atom stereocenters. The molecule has 1 aliphatic rings. The molecule has 3 amide bonds. The summed E-state index contributed by atoms with van der Waals surface area (Å²) in [5.41, 5.74) is 0.510. The minimum absolute atomic E-state index is 0.280. The van der Waals surface area contributed by atoms with Crippen LogP contribution < -0.4 is 10.1 Å². The van der Waals surface area contributed by atoms with Crippen molar-refractivity contribution in [3.05, 3.63) is 65.7 Å². The van der Waals surface area contributed by atoms with E-state index in [2.05, 4.69) is 5.32 Å². The number of nitrogens with one attached hydrogen (secondary N) is 1.